The van der Waals surface area contributed by atoms with Gasteiger partial charge in [-0.25, -0.2) is 5.43 Å². The second kappa shape index (κ2) is 5.58. The maximum atomic E-state index is 11.9. The van der Waals surface area contributed by atoms with E-state index in [0.717, 1.165) is 11.0 Å². The Bertz CT molecular complexity index is 774. The normalized spacial score (nSPS) is 11.6. The number of nitrogens with zero attached hydrogens (tertiary/aromatic N) is 2. The number of para-hydroxylation sites is 1. The number of hydrogen-bond acceptors (Lipinski definition) is 4. The van der Waals surface area contributed by atoms with Crippen molar-refractivity contribution in [3.8, 4) is 0 Å². The number of furan rings is 1. The topological polar surface area (TPSA) is 67.5 Å². The summed E-state index contributed by atoms with van der Waals surface area (Å²) in [6, 6.07) is 12.9. The van der Waals surface area contributed by atoms with Gasteiger partial charge in [0.2, 0.25) is 0 Å². The molecule has 1 amide bonds. The molecule has 0 saturated carbocycles. The lowest BCUT2D eigenvalue weighted by Gasteiger charge is -2.00. The Labute approximate surface area is 121 Å². The molecule has 0 unspecified atom stereocenters. The maximum Gasteiger partial charge on any atom is 0.271 e. The smallest absolute Gasteiger partial charge is 0.271 e. The van der Waals surface area contributed by atoms with Crippen LogP contribution in [0.5, 0.6) is 0 Å². The van der Waals surface area contributed by atoms with E-state index in [0.29, 0.717) is 17.0 Å². The highest BCUT2D eigenvalue weighted by Crippen LogP contribution is 2.19. The summed E-state index contributed by atoms with van der Waals surface area (Å²) in [4.78, 5) is 15.7. The van der Waals surface area contributed by atoms with E-state index in [1.54, 1.807) is 31.5 Å². The van der Waals surface area contributed by atoms with Crippen molar-refractivity contribution in [1.29, 1.82) is 0 Å². The Morgan fingerprint density at radius 1 is 1.19 bits per heavy atom. The minimum absolute atomic E-state index is 0.284. The molecule has 2 aromatic heterocycles. The van der Waals surface area contributed by atoms with Crippen LogP contribution in [-0.2, 0) is 0 Å². The summed E-state index contributed by atoms with van der Waals surface area (Å²) >= 11 is 0. The lowest BCUT2D eigenvalue weighted by molar-refractivity contribution is 0.0954. The molecule has 104 valence electrons. The number of carbonyl (C=O) groups is 1. The van der Waals surface area contributed by atoms with Crippen LogP contribution < -0.4 is 5.43 Å². The van der Waals surface area contributed by atoms with Gasteiger partial charge in [-0.2, -0.15) is 5.10 Å². The van der Waals surface area contributed by atoms with Crippen LogP contribution in [0.1, 0.15) is 23.0 Å². The van der Waals surface area contributed by atoms with E-state index in [1.807, 2.05) is 30.3 Å². The number of rotatable bonds is 3. The number of nitrogens with one attached hydrogen (secondary N) is 1. The van der Waals surface area contributed by atoms with Gasteiger partial charge in [0.15, 0.2) is 5.76 Å². The van der Waals surface area contributed by atoms with Gasteiger partial charge in [0.1, 0.15) is 11.3 Å². The van der Waals surface area contributed by atoms with E-state index in [-0.39, 0.29) is 5.91 Å². The quantitative estimate of drug-likeness (QED) is 0.592. The van der Waals surface area contributed by atoms with Crippen LogP contribution in [0.25, 0.3) is 11.0 Å². The van der Waals surface area contributed by atoms with Crippen molar-refractivity contribution < 1.29 is 9.21 Å². The molecular weight excluding hydrogens is 266 g/mol. The van der Waals surface area contributed by atoms with Crippen LogP contribution in [0.4, 0.5) is 0 Å². The largest absolute Gasteiger partial charge is 0.455 e. The maximum absolute atomic E-state index is 11.9. The molecule has 1 aromatic carbocycles. The summed E-state index contributed by atoms with van der Waals surface area (Å²) in [7, 11) is 0. The van der Waals surface area contributed by atoms with Gasteiger partial charge in [-0.1, -0.05) is 18.2 Å². The molecular formula is C16H13N3O2. The molecule has 21 heavy (non-hydrogen) atoms. The summed E-state index contributed by atoms with van der Waals surface area (Å²) in [5, 5.41) is 5.07. The number of amides is 1. The number of aromatic nitrogens is 1. The number of fused-ring (bicyclic) bond motifs is 1. The van der Waals surface area contributed by atoms with Crippen molar-refractivity contribution in [2.24, 2.45) is 5.10 Å². The third-order valence-electron chi connectivity index (χ3n) is 3.05. The van der Waals surface area contributed by atoms with Crippen LogP contribution in [0, 0.1) is 0 Å². The van der Waals surface area contributed by atoms with Crippen molar-refractivity contribution in [3.63, 3.8) is 0 Å². The predicted octanol–water partition coefficient (Wildman–Crippen LogP) is 2.98. The minimum Gasteiger partial charge on any atom is -0.455 e. The molecule has 0 radical (unpaired) electrons. The first-order valence-corrected chi connectivity index (χ1v) is 6.47. The van der Waals surface area contributed by atoms with Gasteiger partial charge in [-0.05, 0) is 31.2 Å². The van der Waals surface area contributed by atoms with Crippen molar-refractivity contribution in [2.75, 3.05) is 0 Å². The molecule has 0 aliphatic rings. The summed E-state index contributed by atoms with van der Waals surface area (Å²) in [6.07, 6.45) is 3.12. The molecule has 5 heteroatoms. The third-order valence-corrected chi connectivity index (χ3v) is 3.05. The minimum atomic E-state index is -0.284. The molecule has 2 heterocycles. The summed E-state index contributed by atoms with van der Waals surface area (Å²) in [6.45, 7) is 1.78. The molecule has 3 aromatic rings. The third kappa shape index (κ3) is 2.81. The molecule has 0 aliphatic carbocycles. The van der Waals surface area contributed by atoms with Crippen LogP contribution >= 0.6 is 0 Å². The van der Waals surface area contributed by atoms with Gasteiger partial charge in [0.05, 0.1) is 0 Å². The standard InChI is InChI=1S/C16H13N3O2/c1-11(15-10-13-4-2-3-5-14(13)21-15)18-19-16(20)12-6-8-17-9-7-12/h2-10H,1H3,(H,19,20)/b18-11+. The highest BCUT2D eigenvalue weighted by atomic mass is 16.3. The van der Waals surface area contributed by atoms with Crippen LogP contribution in [0.2, 0.25) is 0 Å². The first kappa shape index (κ1) is 13.1. The summed E-state index contributed by atoms with van der Waals surface area (Å²) in [5.74, 6) is 0.346. The molecule has 5 nitrogen and oxygen atoms in total. The number of pyridine rings is 1. The van der Waals surface area contributed by atoms with E-state index in [4.69, 9.17) is 4.42 Å². The molecule has 0 bridgehead atoms. The monoisotopic (exact) mass is 279 g/mol. The molecule has 3 rings (SSSR count). The fourth-order valence-electron chi connectivity index (χ4n) is 1.92. The molecule has 0 atom stereocenters. The van der Waals surface area contributed by atoms with Crippen molar-refractivity contribution in [1.82, 2.24) is 10.4 Å². The molecule has 0 saturated heterocycles. The Kier molecular flexibility index (Phi) is 3.47. The van der Waals surface area contributed by atoms with E-state index < -0.39 is 0 Å². The van der Waals surface area contributed by atoms with Gasteiger partial charge < -0.3 is 4.42 Å². The van der Waals surface area contributed by atoms with Crippen LogP contribution in [-0.4, -0.2) is 16.6 Å². The van der Waals surface area contributed by atoms with Gasteiger partial charge >= 0.3 is 0 Å². The Morgan fingerprint density at radius 3 is 2.71 bits per heavy atom. The molecule has 0 fully saturated rings. The van der Waals surface area contributed by atoms with E-state index in [2.05, 4.69) is 15.5 Å². The fourth-order valence-corrected chi connectivity index (χ4v) is 1.92. The van der Waals surface area contributed by atoms with E-state index in [9.17, 15) is 4.79 Å². The van der Waals surface area contributed by atoms with E-state index >= 15 is 0 Å². The first-order chi connectivity index (χ1) is 10.2. The number of hydrogen-bond donors (Lipinski definition) is 1. The summed E-state index contributed by atoms with van der Waals surface area (Å²) in [5.41, 5.74) is 4.41. The molecule has 0 spiro atoms. The molecule has 1 N–H and O–H groups in total. The average molecular weight is 279 g/mol. The van der Waals surface area contributed by atoms with Crippen molar-refractivity contribution >= 4 is 22.6 Å². The van der Waals surface area contributed by atoms with Crippen molar-refractivity contribution in [3.05, 3.63) is 66.2 Å². The number of carbonyl (C=O) groups excluding carboxylic acids is 1. The molecule has 0 aliphatic heterocycles. The highest BCUT2D eigenvalue weighted by Gasteiger charge is 2.07. The zero-order chi connectivity index (χ0) is 14.7. The second-order valence-corrected chi connectivity index (χ2v) is 4.52. The average Bonchev–Trinajstić information content (AvgIpc) is 2.97. The predicted molar refractivity (Wildman–Crippen MR) is 80.1 cm³/mol. The van der Waals surface area contributed by atoms with Crippen LogP contribution in [0.3, 0.4) is 0 Å². The van der Waals surface area contributed by atoms with Gasteiger partial charge in [0.25, 0.3) is 5.91 Å². The van der Waals surface area contributed by atoms with Crippen molar-refractivity contribution in [2.45, 2.75) is 6.92 Å². The highest BCUT2D eigenvalue weighted by molar-refractivity contribution is 6.01. The number of hydrazone groups is 1. The van der Waals surface area contributed by atoms with Crippen LogP contribution in [0.15, 0.2) is 64.4 Å². The van der Waals surface area contributed by atoms with Gasteiger partial charge in [0, 0.05) is 23.3 Å². The van der Waals surface area contributed by atoms with E-state index in [1.165, 1.54) is 0 Å². The summed E-state index contributed by atoms with van der Waals surface area (Å²) < 4.78 is 5.68. The Balaban J connectivity index is 1.78. The Morgan fingerprint density at radius 2 is 1.95 bits per heavy atom. The van der Waals surface area contributed by atoms with Gasteiger partial charge in [-0.15, -0.1) is 0 Å². The lowest BCUT2D eigenvalue weighted by atomic mass is 10.2. The Hall–Kier alpha value is -2.95. The van der Waals surface area contributed by atoms with Gasteiger partial charge in [-0.3, -0.25) is 9.78 Å². The fraction of sp³-hybridized carbons (Fsp3) is 0.0625. The zero-order valence-electron chi connectivity index (χ0n) is 11.4. The SMILES string of the molecule is C/C(=N\NC(=O)c1ccncc1)c1cc2ccccc2o1. The lowest BCUT2D eigenvalue weighted by Crippen LogP contribution is -2.19. The zero-order valence-corrected chi connectivity index (χ0v) is 11.4. The first-order valence-electron chi connectivity index (χ1n) is 6.47. The number of benzene rings is 1. The second-order valence-electron chi connectivity index (χ2n) is 4.52.